The van der Waals surface area contributed by atoms with Crippen molar-refractivity contribution in [2.75, 3.05) is 11.9 Å². The van der Waals surface area contributed by atoms with Crippen molar-refractivity contribution in [2.24, 2.45) is 0 Å². The first-order valence-corrected chi connectivity index (χ1v) is 12.8. The van der Waals surface area contributed by atoms with E-state index in [0.717, 1.165) is 24.8 Å². The van der Waals surface area contributed by atoms with E-state index in [1.807, 2.05) is 66.1 Å². The molecule has 1 unspecified atom stereocenters. The average molecular weight is 475 g/mol. The molecule has 0 aliphatic carbocycles. The van der Waals surface area contributed by atoms with Crippen LogP contribution in [0.5, 0.6) is 0 Å². The predicted molar refractivity (Wildman–Crippen MR) is 132 cm³/mol. The highest BCUT2D eigenvalue weighted by molar-refractivity contribution is 7.89. The number of carbonyl (C=O) groups excluding carboxylic acids is 1. The molecule has 4 aromatic rings. The van der Waals surface area contributed by atoms with Crippen LogP contribution in [0, 0.1) is 0 Å². The highest BCUT2D eigenvalue weighted by Crippen LogP contribution is 2.30. The monoisotopic (exact) mass is 474 g/mol. The summed E-state index contributed by atoms with van der Waals surface area (Å²) >= 11 is 0. The number of piperidine rings is 1. The van der Waals surface area contributed by atoms with Crippen LogP contribution in [0.25, 0.3) is 16.9 Å². The fraction of sp³-hybridized carbons (Fsp3) is 0.231. The summed E-state index contributed by atoms with van der Waals surface area (Å²) in [6.45, 7) is 2.44. The minimum Gasteiger partial charge on any atom is -0.306 e. The number of fused-ring (bicyclic) bond motifs is 1. The number of imidazole rings is 1. The second-order valence-electron chi connectivity index (χ2n) is 8.55. The number of nitrogens with one attached hydrogen (secondary N) is 1. The molecule has 1 saturated heterocycles. The number of nitrogens with zero attached hydrogens (tertiary/aromatic N) is 3. The first kappa shape index (κ1) is 22.3. The number of aromatic nitrogens is 2. The fourth-order valence-electron chi connectivity index (χ4n) is 4.45. The Morgan fingerprint density at radius 2 is 1.79 bits per heavy atom. The second-order valence-corrected chi connectivity index (χ2v) is 10.4. The lowest BCUT2D eigenvalue weighted by Crippen LogP contribution is -2.41. The molecule has 1 aliphatic heterocycles. The number of rotatable bonds is 5. The molecule has 8 heteroatoms. The average Bonchev–Trinajstić information content (AvgIpc) is 3.23. The van der Waals surface area contributed by atoms with E-state index in [9.17, 15) is 13.2 Å². The zero-order chi connectivity index (χ0) is 23.7. The first-order valence-electron chi connectivity index (χ1n) is 11.4. The molecule has 1 aliphatic rings. The van der Waals surface area contributed by atoms with E-state index in [1.54, 1.807) is 22.5 Å². The predicted octanol–water partition coefficient (Wildman–Crippen LogP) is 4.82. The third-order valence-electron chi connectivity index (χ3n) is 6.25. The van der Waals surface area contributed by atoms with Crippen molar-refractivity contribution in [1.82, 2.24) is 13.7 Å². The van der Waals surface area contributed by atoms with Crippen LogP contribution in [0.1, 0.15) is 36.5 Å². The summed E-state index contributed by atoms with van der Waals surface area (Å²) in [5.74, 6) is 0.135. The van der Waals surface area contributed by atoms with Crippen LogP contribution in [-0.2, 0) is 10.0 Å². The SMILES string of the molecule is CC1CCCCN1S(=O)(=O)c1cccc(C(=O)Nc2c(-c3ccccc3)nc3ccccn23)c1. The van der Waals surface area contributed by atoms with Gasteiger partial charge in [0.15, 0.2) is 0 Å². The minimum atomic E-state index is -3.68. The number of amides is 1. The van der Waals surface area contributed by atoms with Crippen LogP contribution in [0.3, 0.4) is 0 Å². The van der Waals surface area contributed by atoms with Crippen LogP contribution in [0.4, 0.5) is 5.82 Å². The fourth-order valence-corrected chi connectivity index (χ4v) is 6.20. The maximum absolute atomic E-state index is 13.3. The van der Waals surface area contributed by atoms with Gasteiger partial charge in [-0.1, -0.05) is 48.9 Å². The molecule has 174 valence electrons. The van der Waals surface area contributed by atoms with E-state index >= 15 is 0 Å². The molecular weight excluding hydrogens is 448 g/mol. The zero-order valence-corrected chi connectivity index (χ0v) is 19.7. The summed E-state index contributed by atoms with van der Waals surface area (Å²) in [5.41, 5.74) is 2.49. The van der Waals surface area contributed by atoms with Gasteiger partial charge in [-0.05, 0) is 50.1 Å². The van der Waals surface area contributed by atoms with Gasteiger partial charge in [0.05, 0.1) is 4.90 Å². The summed E-state index contributed by atoms with van der Waals surface area (Å²) in [7, 11) is -3.68. The van der Waals surface area contributed by atoms with Gasteiger partial charge in [0.1, 0.15) is 17.2 Å². The van der Waals surface area contributed by atoms with Crippen LogP contribution in [0.15, 0.2) is 83.9 Å². The Bertz CT molecular complexity index is 1450. The van der Waals surface area contributed by atoms with Crippen molar-refractivity contribution in [3.05, 3.63) is 84.6 Å². The van der Waals surface area contributed by atoms with Gasteiger partial charge < -0.3 is 5.32 Å². The van der Waals surface area contributed by atoms with Gasteiger partial charge in [0.2, 0.25) is 10.0 Å². The molecule has 1 fully saturated rings. The van der Waals surface area contributed by atoms with Crippen molar-refractivity contribution in [2.45, 2.75) is 37.1 Å². The number of anilines is 1. The first-order chi connectivity index (χ1) is 16.4. The Labute approximate surface area is 199 Å². The third kappa shape index (κ3) is 4.10. The van der Waals surface area contributed by atoms with E-state index < -0.39 is 15.9 Å². The largest absolute Gasteiger partial charge is 0.306 e. The molecule has 34 heavy (non-hydrogen) atoms. The van der Waals surface area contributed by atoms with Crippen LogP contribution < -0.4 is 5.32 Å². The lowest BCUT2D eigenvalue weighted by molar-refractivity contribution is 0.102. The summed E-state index contributed by atoms with van der Waals surface area (Å²) in [6.07, 6.45) is 4.55. The summed E-state index contributed by atoms with van der Waals surface area (Å²) in [4.78, 5) is 18.1. The van der Waals surface area contributed by atoms with Gasteiger partial charge in [0, 0.05) is 29.9 Å². The second kappa shape index (κ2) is 9.04. The normalized spacial score (nSPS) is 17.0. The molecule has 1 N–H and O–H groups in total. The van der Waals surface area contributed by atoms with E-state index in [4.69, 9.17) is 4.98 Å². The van der Waals surface area contributed by atoms with Crippen molar-refractivity contribution < 1.29 is 13.2 Å². The highest BCUT2D eigenvalue weighted by Gasteiger charge is 2.31. The molecule has 2 aromatic heterocycles. The van der Waals surface area contributed by atoms with Gasteiger partial charge in [-0.15, -0.1) is 0 Å². The molecule has 0 bridgehead atoms. The van der Waals surface area contributed by atoms with Crippen LogP contribution in [0.2, 0.25) is 0 Å². The standard InChI is InChI=1S/C26H26N4O3S/c1-19-10-5-8-17-30(19)34(32,33)22-14-9-13-21(18-22)26(31)28-25-24(20-11-3-2-4-12-20)27-23-15-6-7-16-29(23)25/h2-4,6-7,9,11-16,18-19H,5,8,10,17H2,1H3,(H,28,31). The van der Waals surface area contributed by atoms with E-state index in [1.165, 1.54) is 6.07 Å². The Morgan fingerprint density at radius 3 is 2.59 bits per heavy atom. The van der Waals surface area contributed by atoms with Crippen LogP contribution >= 0.6 is 0 Å². The molecule has 3 heterocycles. The van der Waals surface area contributed by atoms with Gasteiger partial charge >= 0.3 is 0 Å². The molecule has 1 amide bonds. The Morgan fingerprint density at radius 1 is 1.00 bits per heavy atom. The molecule has 0 saturated carbocycles. The molecule has 0 radical (unpaired) electrons. The maximum atomic E-state index is 13.3. The number of benzene rings is 2. The zero-order valence-electron chi connectivity index (χ0n) is 18.9. The third-order valence-corrected chi connectivity index (χ3v) is 8.26. The van der Waals surface area contributed by atoms with Gasteiger partial charge in [-0.3, -0.25) is 9.20 Å². The molecule has 2 aromatic carbocycles. The van der Waals surface area contributed by atoms with Gasteiger partial charge in [0.25, 0.3) is 5.91 Å². The van der Waals surface area contributed by atoms with E-state index in [-0.39, 0.29) is 16.5 Å². The highest BCUT2D eigenvalue weighted by atomic mass is 32.2. The summed E-state index contributed by atoms with van der Waals surface area (Å²) in [5, 5.41) is 2.97. The molecule has 0 spiro atoms. The molecule has 5 rings (SSSR count). The van der Waals surface area contributed by atoms with Crippen molar-refractivity contribution >= 4 is 27.4 Å². The van der Waals surface area contributed by atoms with E-state index in [2.05, 4.69) is 5.32 Å². The van der Waals surface area contributed by atoms with Crippen molar-refractivity contribution in [3.8, 4) is 11.3 Å². The molecule has 1 atom stereocenters. The number of hydrogen-bond acceptors (Lipinski definition) is 4. The number of pyridine rings is 1. The number of hydrogen-bond donors (Lipinski definition) is 1. The summed E-state index contributed by atoms with van der Waals surface area (Å²) in [6, 6.07) is 21.4. The lowest BCUT2D eigenvalue weighted by Gasteiger charge is -2.32. The van der Waals surface area contributed by atoms with Crippen molar-refractivity contribution in [1.29, 1.82) is 0 Å². The van der Waals surface area contributed by atoms with Gasteiger partial charge in [-0.2, -0.15) is 4.31 Å². The lowest BCUT2D eigenvalue weighted by atomic mass is 10.1. The summed E-state index contributed by atoms with van der Waals surface area (Å²) < 4.78 is 29.9. The maximum Gasteiger partial charge on any atom is 0.256 e. The Kier molecular flexibility index (Phi) is 5.93. The van der Waals surface area contributed by atoms with Crippen LogP contribution in [-0.4, -0.2) is 40.6 Å². The topological polar surface area (TPSA) is 83.8 Å². The van der Waals surface area contributed by atoms with Crippen molar-refractivity contribution in [3.63, 3.8) is 0 Å². The Balaban J connectivity index is 1.49. The van der Waals surface area contributed by atoms with Gasteiger partial charge in [-0.25, -0.2) is 13.4 Å². The number of carbonyl (C=O) groups is 1. The number of sulfonamides is 1. The Hall–Kier alpha value is -3.49. The minimum absolute atomic E-state index is 0.0529. The van der Waals surface area contributed by atoms with E-state index in [0.29, 0.717) is 23.7 Å². The molecule has 7 nitrogen and oxygen atoms in total. The molecular formula is C26H26N4O3S. The smallest absolute Gasteiger partial charge is 0.256 e. The quantitative estimate of drug-likeness (QED) is 0.450.